The minimum atomic E-state index is 0.649. The number of nitrogens with zero attached hydrogens (tertiary/aromatic N) is 1. The summed E-state index contributed by atoms with van der Waals surface area (Å²) in [4.78, 5) is 2.52. The summed E-state index contributed by atoms with van der Waals surface area (Å²) < 4.78 is 1.22. The number of hydrogen-bond donors (Lipinski definition) is 1. The highest BCUT2D eigenvalue weighted by atomic mass is 79.9. The Labute approximate surface area is 119 Å². The van der Waals surface area contributed by atoms with Crippen LogP contribution in [0, 0.1) is 5.92 Å². The molecule has 0 aromatic heterocycles. The summed E-state index contributed by atoms with van der Waals surface area (Å²) in [5, 5.41) is 3.36. The Bertz CT molecular complexity index is 405. The highest BCUT2D eigenvalue weighted by molar-refractivity contribution is 9.10. The van der Waals surface area contributed by atoms with E-state index in [0.717, 1.165) is 19.0 Å². The predicted molar refractivity (Wildman–Crippen MR) is 82.1 cm³/mol. The summed E-state index contributed by atoms with van der Waals surface area (Å²) in [6, 6.07) is 7.38. The molecule has 1 aliphatic rings. The van der Waals surface area contributed by atoms with Gasteiger partial charge in [-0.15, -0.1) is 0 Å². The molecule has 0 bridgehead atoms. The van der Waals surface area contributed by atoms with E-state index >= 15 is 0 Å². The van der Waals surface area contributed by atoms with Gasteiger partial charge in [-0.3, -0.25) is 0 Å². The Morgan fingerprint density at radius 3 is 2.72 bits per heavy atom. The lowest BCUT2D eigenvalue weighted by atomic mass is 10.1. The van der Waals surface area contributed by atoms with E-state index in [-0.39, 0.29) is 0 Å². The first-order valence-electron chi connectivity index (χ1n) is 6.87. The van der Waals surface area contributed by atoms with Gasteiger partial charge in [0.2, 0.25) is 0 Å². The molecule has 1 aromatic carbocycles. The van der Waals surface area contributed by atoms with Gasteiger partial charge in [-0.25, -0.2) is 0 Å². The number of halogens is 1. The van der Waals surface area contributed by atoms with Crippen LogP contribution in [0.5, 0.6) is 0 Å². The molecule has 2 nitrogen and oxygen atoms in total. The van der Waals surface area contributed by atoms with E-state index in [0.29, 0.717) is 6.04 Å². The fourth-order valence-electron chi connectivity index (χ4n) is 2.80. The second kappa shape index (κ2) is 6.07. The van der Waals surface area contributed by atoms with Crippen molar-refractivity contribution in [3.63, 3.8) is 0 Å². The summed E-state index contributed by atoms with van der Waals surface area (Å²) in [7, 11) is 0. The first kappa shape index (κ1) is 13.9. The highest BCUT2D eigenvalue weighted by Gasteiger charge is 2.27. The molecule has 2 atom stereocenters. The number of hydrogen-bond acceptors (Lipinski definition) is 2. The molecule has 0 radical (unpaired) electrons. The first-order chi connectivity index (χ1) is 8.61. The van der Waals surface area contributed by atoms with Crippen LogP contribution in [-0.4, -0.2) is 19.1 Å². The van der Waals surface area contributed by atoms with E-state index < -0.39 is 0 Å². The average Bonchev–Trinajstić information content (AvgIpc) is 2.66. The van der Waals surface area contributed by atoms with Crippen molar-refractivity contribution in [3.8, 4) is 0 Å². The van der Waals surface area contributed by atoms with Crippen LogP contribution in [0.4, 0.5) is 5.69 Å². The Morgan fingerprint density at radius 2 is 2.17 bits per heavy atom. The largest absolute Gasteiger partial charge is 0.368 e. The third-order valence-electron chi connectivity index (χ3n) is 3.68. The van der Waals surface area contributed by atoms with Crippen molar-refractivity contribution < 1.29 is 0 Å². The molecule has 1 saturated heterocycles. The lowest BCUT2D eigenvalue weighted by Crippen LogP contribution is -2.27. The zero-order chi connectivity index (χ0) is 13.1. The van der Waals surface area contributed by atoms with Gasteiger partial charge in [0, 0.05) is 23.6 Å². The Kier molecular flexibility index (Phi) is 4.68. The topological polar surface area (TPSA) is 15.3 Å². The summed E-state index contributed by atoms with van der Waals surface area (Å²) in [5.41, 5.74) is 2.68. The minimum Gasteiger partial charge on any atom is -0.368 e. The van der Waals surface area contributed by atoms with Crippen molar-refractivity contribution in [2.75, 3.05) is 18.0 Å². The number of benzene rings is 1. The van der Waals surface area contributed by atoms with Crippen LogP contribution in [0.15, 0.2) is 22.7 Å². The lowest BCUT2D eigenvalue weighted by molar-refractivity contribution is 0.625. The molecule has 0 saturated carbocycles. The van der Waals surface area contributed by atoms with Gasteiger partial charge in [-0.1, -0.05) is 19.9 Å². The Balaban J connectivity index is 2.14. The van der Waals surface area contributed by atoms with Gasteiger partial charge in [0.25, 0.3) is 0 Å². The standard InChI is InChI=1S/C15H23BrN2/c1-4-17-9-13-5-6-15(14(16)8-13)18-10-11(2)7-12(18)3/h5-6,8,11-12,17H,4,7,9-10H2,1-3H3. The Morgan fingerprint density at radius 1 is 1.39 bits per heavy atom. The van der Waals surface area contributed by atoms with Crippen LogP contribution in [0.3, 0.4) is 0 Å². The van der Waals surface area contributed by atoms with Crippen molar-refractivity contribution in [1.82, 2.24) is 5.32 Å². The third-order valence-corrected chi connectivity index (χ3v) is 4.32. The van der Waals surface area contributed by atoms with Gasteiger partial charge in [0.05, 0.1) is 5.69 Å². The predicted octanol–water partition coefficient (Wildman–Crippen LogP) is 3.79. The fraction of sp³-hybridized carbons (Fsp3) is 0.600. The van der Waals surface area contributed by atoms with Gasteiger partial charge in [0.1, 0.15) is 0 Å². The zero-order valence-electron chi connectivity index (χ0n) is 11.5. The molecule has 18 heavy (non-hydrogen) atoms. The maximum atomic E-state index is 3.73. The van der Waals surface area contributed by atoms with E-state index in [1.54, 1.807) is 0 Å². The molecule has 0 spiro atoms. The van der Waals surface area contributed by atoms with Crippen molar-refractivity contribution in [3.05, 3.63) is 28.2 Å². The van der Waals surface area contributed by atoms with Crippen LogP contribution >= 0.6 is 15.9 Å². The lowest BCUT2D eigenvalue weighted by Gasteiger charge is -2.25. The molecule has 0 amide bonds. The molecule has 1 N–H and O–H groups in total. The van der Waals surface area contributed by atoms with E-state index in [2.05, 4.69) is 65.1 Å². The van der Waals surface area contributed by atoms with Gasteiger partial charge in [-0.05, 0) is 59.4 Å². The molecule has 0 aliphatic carbocycles. The van der Waals surface area contributed by atoms with Crippen molar-refractivity contribution >= 4 is 21.6 Å². The Hall–Kier alpha value is -0.540. The summed E-state index contributed by atoms with van der Waals surface area (Å²) >= 11 is 3.73. The number of rotatable bonds is 4. The number of nitrogens with one attached hydrogen (secondary N) is 1. The molecule has 1 aliphatic heterocycles. The fourth-order valence-corrected chi connectivity index (χ4v) is 3.45. The third kappa shape index (κ3) is 3.07. The molecular formula is C15H23BrN2. The molecule has 1 heterocycles. The van der Waals surface area contributed by atoms with Gasteiger partial charge < -0.3 is 10.2 Å². The minimum absolute atomic E-state index is 0.649. The van der Waals surface area contributed by atoms with E-state index in [1.807, 2.05) is 0 Å². The van der Waals surface area contributed by atoms with Crippen molar-refractivity contribution in [2.24, 2.45) is 5.92 Å². The second-order valence-electron chi connectivity index (χ2n) is 5.41. The van der Waals surface area contributed by atoms with E-state index in [1.165, 1.54) is 28.7 Å². The smallest absolute Gasteiger partial charge is 0.0513 e. The summed E-state index contributed by atoms with van der Waals surface area (Å²) in [6.07, 6.45) is 1.30. The molecule has 2 unspecified atom stereocenters. The van der Waals surface area contributed by atoms with Crippen molar-refractivity contribution in [1.29, 1.82) is 0 Å². The maximum Gasteiger partial charge on any atom is 0.0513 e. The van der Waals surface area contributed by atoms with Crippen LogP contribution in [0.25, 0.3) is 0 Å². The second-order valence-corrected chi connectivity index (χ2v) is 6.26. The molecule has 3 heteroatoms. The molecule has 1 fully saturated rings. The monoisotopic (exact) mass is 310 g/mol. The highest BCUT2D eigenvalue weighted by Crippen LogP contribution is 2.34. The molecule has 100 valence electrons. The van der Waals surface area contributed by atoms with Gasteiger partial charge in [-0.2, -0.15) is 0 Å². The van der Waals surface area contributed by atoms with Crippen LogP contribution in [0.2, 0.25) is 0 Å². The summed E-state index contributed by atoms with van der Waals surface area (Å²) in [6.45, 7) is 9.93. The SMILES string of the molecule is CCNCc1ccc(N2CC(C)CC2C)c(Br)c1. The zero-order valence-corrected chi connectivity index (χ0v) is 13.1. The van der Waals surface area contributed by atoms with Crippen LogP contribution < -0.4 is 10.2 Å². The quantitative estimate of drug-likeness (QED) is 0.910. The van der Waals surface area contributed by atoms with E-state index in [9.17, 15) is 0 Å². The molecule has 1 aromatic rings. The normalized spacial score (nSPS) is 23.7. The maximum absolute atomic E-state index is 3.73. The average molecular weight is 311 g/mol. The first-order valence-corrected chi connectivity index (χ1v) is 7.67. The summed E-state index contributed by atoms with van der Waals surface area (Å²) in [5.74, 6) is 0.799. The van der Waals surface area contributed by atoms with Gasteiger partial charge >= 0.3 is 0 Å². The number of anilines is 1. The van der Waals surface area contributed by atoms with Crippen LogP contribution in [-0.2, 0) is 6.54 Å². The van der Waals surface area contributed by atoms with Crippen molar-refractivity contribution in [2.45, 2.75) is 39.8 Å². The molecular weight excluding hydrogens is 288 g/mol. The van der Waals surface area contributed by atoms with E-state index in [4.69, 9.17) is 0 Å². The van der Waals surface area contributed by atoms with Gasteiger partial charge in [0.15, 0.2) is 0 Å². The van der Waals surface area contributed by atoms with Crippen LogP contribution in [0.1, 0.15) is 32.8 Å². The molecule has 2 rings (SSSR count).